The lowest BCUT2D eigenvalue weighted by molar-refractivity contribution is -0.152. The van der Waals surface area contributed by atoms with Crippen molar-refractivity contribution in [1.82, 2.24) is 4.90 Å². The van der Waals surface area contributed by atoms with Crippen LogP contribution in [0.5, 0.6) is 0 Å². The van der Waals surface area contributed by atoms with Gasteiger partial charge >= 0.3 is 5.97 Å². The number of nitrogens with zero attached hydrogens (tertiary/aromatic N) is 1. The molecule has 3 rings (SSSR count). The van der Waals surface area contributed by atoms with Crippen LogP contribution in [0.2, 0.25) is 0 Å². The summed E-state index contributed by atoms with van der Waals surface area (Å²) in [5.41, 5.74) is 3.26. The molecular formula is C23H29NO5S2. The van der Waals surface area contributed by atoms with Crippen LogP contribution < -0.4 is 0 Å². The number of benzene rings is 1. The summed E-state index contributed by atoms with van der Waals surface area (Å²) in [6, 6.07) is 5.34. The topological polar surface area (TPSA) is 91.8 Å². The molecule has 1 aromatic carbocycles. The first-order valence-corrected chi connectivity index (χ1v) is 12.6. The molecule has 168 valence electrons. The summed E-state index contributed by atoms with van der Waals surface area (Å²) in [4.78, 5) is 49.7. The van der Waals surface area contributed by atoms with Gasteiger partial charge in [0.1, 0.15) is 6.04 Å². The molecule has 8 heteroatoms. The maximum atomic E-state index is 13.4. The largest absolute Gasteiger partial charge is 0.480 e. The Kier molecular flexibility index (Phi) is 8.22. The fourth-order valence-electron chi connectivity index (χ4n) is 4.43. The molecule has 0 aromatic heterocycles. The Labute approximate surface area is 191 Å². The summed E-state index contributed by atoms with van der Waals surface area (Å²) in [5.74, 6) is -0.899. The zero-order valence-electron chi connectivity index (χ0n) is 18.0. The lowest BCUT2D eigenvalue weighted by atomic mass is 9.88. The Morgan fingerprint density at radius 1 is 1.03 bits per heavy atom. The molecule has 1 aliphatic carbocycles. The Morgan fingerprint density at radius 2 is 1.65 bits per heavy atom. The average Bonchev–Trinajstić information content (AvgIpc) is 3.26. The van der Waals surface area contributed by atoms with E-state index in [9.17, 15) is 24.3 Å². The van der Waals surface area contributed by atoms with Gasteiger partial charge < -0.3 is 10.0 Å². The number of rotatable bonds is 7. The number of hydrogen-bond donors (Lipinski definition) is 1. The standard InChI is InChI=1S/C23H29NO5S2/c1-14(25)30-12-20(13-31-15(2)26)22(27)24-11-19-9-17(16-5-3-4-6-16)7-8-18(19)10-21(24)23(28)29/h7-9,16,20-21H,3-6,10-13H2,1-2H3,(H,28,29). The number of carbonyl (C=O) groups excluding carboxylic acids is 3. The second-order valence-electron chi connectivity index (χ2n) is 8.34. The van der Waals surface area contributed by atoms with Crippen LogP contribution in [0, 0.1) is 5.92 Å². The van der Waals surface area contributed by atoms with Gasteiger partial charge in [0.2, 0.25) is 5.91 Å². The number of amides is 1. The van der Waals surface area contributed by atoms with Crippen molar-refractivity contribution in [3.63, 3.8) is 0 Å². The molecule has 2 aliphatic rings. The van der Waals surface area contributed by atoms with Crippen LogP contribution in [0.1, 0.15) is 62.1 Å². The summed E-state index contributed by atoms with van der Waals surface area (Å²) >= 11 is 2.08. The second-order valence-corrected chi connectivity index (χ2v) is 10.7. The molecule has 6 nitrogen and oxygen atoms in total. The quantitative estimate of drug-likeness (QED) is 0.656. The Morgan fingerprint density at radius 3 is 2.19 bits per heavy atom. The summed E-state index contributed by atoms with van der Waals surface area (Å²) in [6.07, 6.45) is 5.08. The molecule has 1 aromatic rings. The van der Waals surface area contributed by atoms with Gasteiger partial charge in [-0.25, -0.2) is 4.79 Å². The van der Waals surface area contributed by atoms with Gasteiger partial charge in [0.25, 0.3) is 0 Å². The summed E-state index contributed by atoms with van der Waals surface area (Å²) in [7, 11) is 0. The maximum absolute atomic E-state index is 13.4. The lowest BCUT2D eigenvalue weighted by Gasteiger charge is -2.37. The van der Waals surface area contributed by atoms with Gasteiger partial charge in [-0.2, -0.15) is 0 Å². The van der Waals surface area contributed by atoms with E-state index < -0.39 is 17.9 Å². The van der Waals surface area contributed by atoms with Crippen LogP contribution in [0.3, 0.4) is 0 Å². The number of fused-ring (bicyclic) bond motifs is 1. The molecule has 1 fully saturated rings. The van der Waals surface area contributed by atoms with Gasteiger partial charge in [-0.1, -0.05) is 54.6 Å². The molecule has 0 radical (unpaired) electrons. The van der Waals surface area contributed by atoms with E-state index in [0.717, 1.165) is 34.7 Å². The molecule has 1 aliphatic heterocycles. The summed E-state index contributed by atoms with van der Waals surface area (Å²) in [6.45, 7) is 3.12. The van der Waals surface area contributed by atoms with E-state index in [0.29, 0.717) is 5.92 Å². The van der Waals surface area contributed by atoms with Gasteiger partial charge in [-0.15, -0.1) is 0 Å². The van der Waals surface area contributed by atoms with Crippen LogP contribution in [-0.2, 0) is 32.1 Å². The highest BCUT2D eigenvalue weighted by molar-refractivity contribution is 8.14. The van der Waals surface area contributed by atoms with Crippen molar-refractivity contribution in [2.75, 3.05) is 11.5 Å². The third-order valence-corrected chi connectivity index (χ3v) is 8.03. The van der Waals surface area contributed by atoms with Crippen LogP contribution >= 0.6 is 23.5 Å². The average molecular weight is 464 g/mol. The molecule has 1 N–H and O–H groups in total. The first kappa shape index (κ1) is 23.9. The van der Waals surface area contributed by atoms with Crippen molar-refractivity contribution in [2.45, 2.75) is 64.5 Å². The second kappa shape index (κ2) is 10.7. The molecule has 1 unspecified atom stereocenters. The predicted molar refractivity (Wildman–Crippen MR) is 123 cm³/mol. The minimum atomic E-state index is -1.03. The van der Waals surface area contributed by atoms with E-state index in [1.54, 1.807) is 0 Å². The van der Waals surface area contributed by atoms with E-state index in [1.807, 2.05) is 6.07 Å². The summed E-state index contributed by atoms with van der Waals surface area (Å²) in [5, 5.41) is 9.60. The van der Waals surface area contributed by atoms with Gasteiger partial charge in [0, 0.05) is 38.3 Å². The van der Waals surface area contributed by atoms with Crippen LogP contribution in [0.25, 0.3) is 0 Å². The van der Waals surface area contributed by atoms with Crippen molar-refractivity contribution < 1.29 is 24.3 Å². The van der Waals surface area contributed by atoms with Crippen molar-refractivity contribution in [3.8, 4) is 0 Å². The van der Waals surface area contributed by atoms with Gasteiger partial charge in [-0.05, 0) is 35.4 Å². The summed E-state index contributed by atoms with van der Waals surface area (Å²) < 4.78 is 0. The number of carboxylic acid groups (broad SMARTS) is 1. The van der Waals surface area contributed by atoms with Crippen molar-refractivity contribution in [2.24, 2.45) is 5.92 Å². The molecule has 31 heavy (non-hydrogen) atoms. The highest BCUT2D eigenvalue weighted by Crippen LogP contribution is 2.36. The monoisotopic (exact) mass is 463 g/mol. The molecule has 0 bridgehead atoms. The van der Waals surface area contributed by atoms with E-state index in [4.69, 9.17) is 0 Å². The van der Waals surface area contributed by atoms with Crippen molar-refractivity contribution >= 4 is 45.6 Å². The highest BCUT2D eigenvalue weighted by Gasteiger charge is 2.38. The molecule has 1 amide bonds. The minimum absolute atomic E-state index is 0.106. The first-order valence-electron chi connectivity index (χ1n) is 10.7. The number of aliphatic carboxylic acids is 1. The van der Waals surface area contributed by atoms with Gasteiger partial charge in [0.15, 0.2) is 10.2 Å². The number of thioether (sulfide) groups is 2. The number of carboxylic acids is 1. The highest BCUT2D eigenvalue weighted by atomic mass is 32.2. The minimum Gasteiger partial charge on any atom is -0.480 e. The van der Waals surface area contributed by atoms with E-state index >= 15 is 0 Å². The molecule has 0 saturated heterocycles. The van der Waals surface area contributed by atoms with Crippen molar-refractivity contribution in [3.05, 3.63) is 34.9 Å². The maximum Gasteiger partial charge on any atom is 0.326 e. The van der Waals surface area contributed by atoms with Gasteiger partial charge in [0.05, 0.1) is 5.92 Å². The molecule has 0 spiro atoms. The zero-order chi connectivity index (χ0) is 22.5. The Balaban J connectivity index is 1.85. The van der Waals surface area contributed by atoms with Crippen molar-refractivity contribution in [1.29, 1.82) is 0 Å². The molecule has 1 atom stereocenters. The van der Waals surface area contributed by atoms with E-state index in [-0.39, 0.29) is 40.6 Å². The molecule has 1 saturated carbocycles. The van der Waals surface area contributed by atoms with Gasteiger partial charge in [-0.3, -0.25) is 14.4 Å². The van der Waals surface area contributed by atoms with E-state index in [2.05, 4.69) is 12.1 Å². The molecular weight excluding hydrogens is 434 g/mol. The first-order chi connectivity index (χ1) is 14.8. The van der Waals surface area contributed by atoms with Crippen LogP contribution in [-0.4, -0.2) is 49.7 Å². The Hall–Kier alpha value is -1.80. The fourth-order valence-corrected chi connectivity index (χ4v) is 5.97. The number of hydrogen-bond acceptors (Lipinski definition) is 6. The number of carbonyl (C=O) groups is 4. The zero-order valence-corrected chi connectivity index (χ0v) is 19.6. The Bertz CT molecular complexity index is 848. The SMILES string of the molecule is CC(=O)SCC(CSC(C)=O)C(=O)N1Cc2cc(C3CCCC3)ccc2CC1C(=O)O. The van der Waals surface area contributed by atoms with Crippen LogP contribution in [0.15, 0.2) is 18.2 Å². The molecule has 1 heterocycles. The van der Waals surface area contributed by atoms with Crippen LogP contribution in [0.4, 0.5) is 0 Å². The normalized spacial score (nSPS) is 18.8. The lowest BCUT2D eigenvalue weighted by Crippen LogP contribution is -2.51. The van der Waals surface area contributed by atoms with E-state index in [1.165, 1.54) is 50.0 Å². The third-order valence-electron chi connectivity index (χ3n) is 6.08. The fraction of sp³-hybridized carbons (Fsp3) is 0.565. The predicted octanol–water partition coefficient (Wildman–Crippen LogP) is 3.86. The smallest absolute Gasteiger partial charge is 0.326 e. The third kappa shape index (κ3) is 6.13.